The van der Waals surface area contributed by atoms with Crippen LogP contribution in [0.2, 0.25) is 0 Å². The number of hydrogen-bond donors (Lipinski definition) is 2. The molecule has 10 heteroatoms. The predicted octanol–water partition coefficient (Wildman–Crippen LogP) is 2.16. The lowest BCUT2D eigenvalue weighted by atomic mass is 9.94. The van der Waals surface area contributed by atoms with Crippen molar-refractivity contribution >= 4 is 47.9 Å². The quantitative estimate of drug-likeness (QED) is 0.505. The Balaban J connectivity index is 1.52. The Hall–Kier alpha value is -3.40. The normalized spacial score (nSPS) is 19.1. The number of likely N-dealkylation sites (tertiary alicyclic amines) is 1. The van der Waals surface area contributed by atoms with Crippen molar-refractivity contribution in [2.45, 2.75) is 59.2 Å². The molecule has 1 unspecified atom stereocenters. The van der Waals surface area contributed by atoms with Crippen LogP contribution in [-0.4, -0.2) is 65.4 Å². The van der Waals surface area contributed by atoms with E-state index < -0.39 is 11.7 Å². The fraction of sp³-hybridized carbons (Fsp3) is 0.440. The van der Waals surface area contributed by atoms with Crippen LogP contribution in [0.1, 0.15) is 46.6 Å². The molecule has 1 fully saturated rings. The zero-order valence-electron chi connectivity index (χ0n) is 20.8. The smallest absolute Gasteiger partial charge is 0.407 e. The Morgan fingerprint density at radius 2 is 1.86 bits per heavy atom. The molecule has 2 aliphatic rings. The van der Waals surface area contributed by atoms with Crippen molar-refractivity contribution < 1.29 is 19.1 Å². The van der Waals surface area contributed by atoms with Crippen LogP contribution < -0.4 is 16.2 Å². The van der Waals surface area contributed by atoms with Crippen LogP contribution in [0.3, 0.4) is 0 Å². The van der Waals surface area contributed by atoms with Gasteiger partial charge in [0, 0.05) is 42.2 Å². The van der Waals surface area contributed by atoms with Crippen LogP contribution in [-0.2, 0) is 20.9 Å². The van der Waals surface area contributed by atoms with Gasteiger partial charge in [0.05, 0.1) is 5.52 Å². The molecule has 3 amide bonds. The molecule has 0 saturated carbocycles. The maximum atomic E-state index is 12.5. The van der Waals surface area contributed by atoms with Crippen molar-refractivity contribution in [3.05, 3.63) is 41.0 Å². The zero-order valence-corrected chi connectivity index (χ0v) is 20.8. The minimum absolute atomic E-state index is 0.0111. The monoisotopic (exact) mass is 475 g/mol. The number of nitrogens with one attached hydrogen (secondary N) is 2. The molecule has 2 N–H and O–H groups in total. The number of rotatable bonds is 5. The van der Waals surface area contributed by atoms with Crippen LogP contribution >= 0.6 is 0 Å². The van der Waals surface area contributed by atoms with Gasteiger partial charge in [0.1, 0.15) is 19.3 Å². The van der Waals surface area contributed by atoms with Crippen molar-refractivity contribution in [1.29, 1.82) is 0 Å². The van der Waals surface area contributed by atoms with Crippen molar-refractivity contribution in [3.63, 3.8) is 0 Å². The second kappa shape index (κ2) is 9.33. The maximum Gasteiger partial charge on any atom is 0.407 e. The number of ether oxygens (including phenoxy) is 1. The molecular weight excluding hydrogens is 445 g/mol. The summed E-state index contributed by atoms with van der Waals surface area (Å²) < 4.78 is 5.37. The standard InChI is InChI=1S/C25H30BN5O4/c1-14-15(2)23(33)31(22(14)32)29-21-10-16(19-7-6-17(26)11-20(19)28-21)12-30-9-8-18(13-30)27-24(34)35-25(3,4)5/h6-7,10-11,18H,8-9,12-13H2,1-5H3,(H,27,34)(H,28,29). The third-order valence-electron chi connectivity index (χ3n) is 6.14. The number of hydrogen-bond acceptors (Lipinski definition) is 7. The van der Waals surface area contributed by atoms with Crippen LogP contribution in [0.4, 0.5) is 10.6 Å². The number of alkyl carbamates (subject to hydrolysis) is 1. The first-order chi connectivity index (χ1) is 16.4. The van der Waals surface area contributed by atoms with Gasteiger partial charge in [-0.1, -0.05) is 17.6 Å². The van der Waals surface area contributed by atoms with Crippen molar-refractivity contribution in [3.8, 4) is 0 Å². The Morgan fingerprint density at radius 3 is 2.51 bits per heavy atom. The average Bonchev–Trinajstić information content (AvgIpc) is 3.26. The predicted molar refractivity (Wildman–Crippen MR) is 134 cm³/mol. The van der Waals surface area contributed by atoms with E-state index in [4.69, 9.17) is 12.6 Å². The first-order valence-corrected chi connectivity index (χ1v) is 11.7. The first kappa shape index (κ1) is 24.7. The molecule has 1 saturated heterocycles. The van der Waals surface area contributed by atoms with E-state index in [1.807, 2.05) is 39.0 Å². The lowest BCUT2D eigenvalue weighted by Crippen LogP contribution is -2.40. The maximum absolute atomic E-state index is 12.5. The number of carbonyl (C=O) groups is 3. The summed E-state index contributed by atoms with van der Waals surface area (Å²) in [6.45, 7) is 10.8. The van der Waals surface area contributed by atoms with Gasteiger partial charge in [0.15, 0.2) is 0 Å². The Labute approximate surface area is 206 Å². The molecule has 0 aliphatic carbocycles. The summed E-state index contributed by atoms with van der Waals surface area (Å²) in [6, 6.07) is 7.34. The molecule has 0 bridgehead atoms. The number of amides is 3. The van der Waals surface area contributed by atoms with E-state index in [1.165, 1.54) is 0 Å². The largest absolute Gasteiger partial charge is 0.444 e. The van der Waals surface area contributed by atoms with Crippen LogP contribution in [0.15, 0.2) is 35.4 Å². The van der Waals surface area contributed by atoms with Gasteiger partial charge in [-0.3, -0.25) is 19.9 Å². The molecule has 182 valence electrons. The number of fused-ring (bicyclic) bond motifs is 1. The van der Waals surface area contributed by atoms with Crippen molar-refractivity contribution in [2.75, 3.05) is 18.5 Å². The van der Waals surface area contributed by atoms with Gasteiger partial charge in [-0.2, -0.15) is 5.01 Å². The molecule has 9 nitrogen and oxygen atoms in total. The summed E-state index contributed by atoms with van der Waals surface area (Å²) in [4.78, 5) is 44.0. The van der Waals surface area contributed by atoms with E-state index in [9.17, 15) is 14.4 Å². The highest BCUT2D eigenvalue weighted by Gasteiger charge is 2.34. The fourth-order valence-electron chi connectivity index (χ4n) is 4.28. The van der Waals surface area contributed by atoms with Gasteiger partial charge in [-0.25, -0.2) is 9.78 Å². The minimum atomic E-state index is -0.547. The van der Waals surface area contributed by atoms with E-state index in [0.717, 1.165) is 28.9 Å². The molecule has 2 aliphatic heterocycles. The third-order valence-corrected chi connectivity index (χ3v) is 6.14. The Morgan fingerprint density at radius 1 is 1.17 bits per heavy atom. The number of aromatic nitrogens is 1. The highest BCUT2D eigenvalue weighted by atomic mass is 16.6. The number of pyridine rings is 1. The number of carbonyl (C=O) groups excluding carboxylic acids is 3. The van der Waals surface area contributed by atoms with Gasteiger partial charge < -0.3 is 10.1 Å². The summed E-state index contributed by atoms with van der Waals surface area (Å²) in [7, 11) is 5.99. The highest BCUT2D eigenvalue weighted by molar-refractivity contribution is 6.33. The lowest BCUT2D eigenvalue weighted by molar-refractivity contribution is -0.135. The number of imide groups is 1. The van der Waals surface area contributed by atoms with E-state index in [-0.39, 0.29) is 17.9 Å². The molecular formula is C25H30BN5O4. The summed E-state index contributed by atoms with van der Waals surface area (Å²) >= 11 is 0. The van der Waals surface area contributed by atoms with E-state index in [0.29, 0.717) is 41.0 Å². The second-order valence-corrected chi connectivity index (χ2v) is 10.1. The lowest BCUT2D eigenvalue weighted by Gasteiger charge is -2.22. The second-order valence-electron chi connectivity index (χ2n) is 10.1. The van der Waals surface area contributed by atoms with Gasteiger partial charge in [-0.15, -0.1) is 0 Å². The van der Waals surface area contributed by atoms with Crippen LogP contribution in [0, 0.1) is 0 Å². The van der Waals surface area contributed by atoms with Crippen LogP contribution in [0.5, 0.6) is 0 Å². The summed E-state index contributed by atoms with van der Waals surface area (Å²) in [5, 5.41) is 4.86. The van der Waals surface area contributed by atoms with Gasteiger partial charge in [0.25, 0.3) is 11.8 Å². The Bertz CT molecular complexity index is 1210. The first-order valence-electron chi connectivity index (χ1n) is 11.7. The summed E-state index contributed by atoms with van der Waals surface area (Å²) in [5.74, 6) is -0.400. The van der Waals surface area contributed by atoms with Crippen molar-refractivity contribution in [2.24, 2.45) is 0 Å². The third kappa shape index (κ3) is 5.48. The SMILES string of the molecule is [B]c1ccc2c(CN3CCC(NC(=O)OC(C)(C)C)C3)cc(NN3C(=O)C(C)=C(C)C3=O)nc2c1. The number of benzene rings is 1. The minimum Gasteiger partial charge on any atom is -0.444 e. The average molecular weight is 475 g/mol. The molecule has 2 radical (unpaired) electrons. The van der Waals surface area contributed by atoms with E-state index in [1.54, 1.807) is 19.9 Å². The van der Waals surface area contributed by atoms with E-state index in [2.05, 4.69) is 20.6 Å². The molecule has 1 atom stereocenters. The fourth-order valence-corrected chi connectivity index (χ4v) is 4.28. The van der Waals surface area contributed by atoms with Gasteiger partial charge in [-0.05, 0) is 58.7 Å². The molecule has 1 aromatic heterocycles. The van der Waals surface area contributed by atoms with Crippen LogP contribution in [0.25, 0.3) is 10.9 Å². The summed E-state index contributed by atoms with van der Waals surface area (Å²) in [6.07, 6.45) is 0.390. The molecule has 1 aromatic carbocycles. The molecule has 4 rings (SSSR count). The number of anilines is 1. The molecule has 2 aromatic rings. The highest BCUT2D eigenvalue weighted by Crippen LogP contribution is 2.26. The van der Waals surface area contributed by atoms with Gasteiger partial charge in [0.2, 0.25) is 0 Å². The van der Waals surface area contributed by atoms with Gasteiger partial charge >= 0.3 is 6.09 Å². The molecule has 0 spiro atoms. The number of hydrazine groups is 1. The van der Waals surface area contributed by atoms with Crippen molar-refractivity contribution in [1.82, 2.24) is 20.2 Å². The number of nitrogens with zero attached hydrogens (tertiary/aromatic N) is 3. The molecule has 35 heavy (non-hydrogen) atoms. The zero-order chi connectivity index (χ0) is 25.5. The Kier molecular flexibility index (Phi) is 6.59. The molecule has 3 heterocycles. The topological polar surface area (TPSA) is 104 Å². The van der Waals surface area contributed by atoms with E-state index >= 15 is 0 Å². The summed E-state index contributed by atoms with van der Waals surface area (Å²) in [5.41, 5.74) is 5.35.